The van der Waals surface area contributed by atoms with Crippen LogP contribution in [0.3, 0.4) is 0 Å². The first-order valence-electron chi connectivity index (χ1n) is 11.0. The van der Waals surface area contributed by atoms with Gasteiger partial charge in [0.05, 0.1) is 21.7 Å². The molecule has 0 spiro atoms. The van der Waals surface area contributed by atoms with Crippen LogP contribution in [0.15, 0.2) is 28.3 Å². The molecule has 6 rings (SSSR count). The maximum atomic E-state index is 12.8. The van der Waals surface area contributed by atoms with Gasteiger partial charge in [0.1, 0.15) is 0 Å². The summed E-state index contributed by atoms with van der Waals surface area (Å²) in [7, 11) is -1.91. The van der Waals surface area contributed by atoms with Crippen molar-refractivity contribution >= 4 is 38.7 Å². The molecular weight excluding hydrogens is 432 g/mol. The van der Waals surface area contributed by atoms with Crippen molar-refractivity contribution < 1.29 is 13.2 Å². The number of aryl methyl sites for hydroxylation is 1. The topological polar surface area (TPSA) is 107 Å². The van der Waals surface area contributed by atoms with Gasteiger partial charge in [-0.15, -0.1) is 0 Å². The molecule has 1 heterocycles. The van der Waals surface area contributed by atoms with Gasteiger partial charge in [0.25, 0.3) is 0 Å². The molecule has 9 heteroatoms. The summed E-state index contributed by atoms with van der Waals surface area (Å²) in [5.41, 5.74) is 1.65. The molecule has 1 unspecified atom stereocenters. The number of amides is 1. The SMILES string of the molecule is CC(NC(=O)CSc1nc2cc(S(N)(=O)=O)ccc2n1C)C12CC3CC(CC(C3)C1)C2. The van der Waals surface area contributed by atoms with Gasteiger partial charge in [0.2, 0.25) is 15.9 Å². The summed E-state index contributed by atoms with van der Waals surface area (Å²) in [4.78, 5) is 17.3. The zero-order chi connectivity index (χ0) is 22.0. The molecule has 4 fully saturated rings. The van der Waals surface area contributed by atoms with Crippen LogP contribution in [0.2, 0.25) is 0 Å². The maximum absolute atomic E-state index is 12.8. The Labute approximate surface area is 187 Å². The number of hydrogen-bond acceptors (Lipinski definition) is 5. The molecule has 168 valence electrons. The van der Waals surface area contributed by atoms with Crippen molar-refractivity contribution in [1.82, 2.24) is 14.9 Å². The molecular formula is C22H30N4O3S2. The lowest BCUT2D eigenvalue weighted by Crippen LogP contribution is -2.56. The second-order valence-corrected chi connectivity index (χ2v) is 12.5. The summed E-state index contributed by atoms with van der Waals surface area (Å²) in [5, 5.41) is 9.20. The largest absolute Gasteiger partial charge is 0.352 e. The number of thioether (sulfide) groups is 1. The van der Waals surface area contributed by atoms with Crippen molar-refractivity contribution in [3.05, 3.63) is 18.2 Å². The standard InChI is InChI=1S/C22H30N4O3S2/c1-13(22-9-14-5-15(10-22)7-16(6-14)11-22)24-20(27)12-30-21-25-18-8-17(31(23,28)29)3-4-19(18)26(21)2/h3-4,8,13-16H,5-7,9-12H2,1-2H3,(H,24,27)(H2,23,28,29). The van der Waals surface area contributed by atoms with Gasteiger partial charge in [-0.1, -0.05) is 11.8 Å². The number of nitrogens with two attached hydrogens (primary N) is 1. The van der Waals surface area contributed by atoms with E-state index in [1.54, 1.807) is 6.07 Å². The number of sulfonamides is 1. The summed E-state index contributed by atoms with van der Waals surface area (Å²) in [6.45, 7) is 2.19. The van der Waals surface area contributed by atoms with Crippen molar-refractivity contribution in [2.75, 3.05) is 5.75 Å². The third-order valence-corrected chi connectivity index (χ3v) is 9.79. The molecule has 0 aliphatic heterocycles. The van der Waals surface area contributed by atoms with Gasteiger partial charge in [-0.25, -0.2) is 18.5 Å². The number of benzene rings is 1. The number of fused-ring (bicyclic) bond motifs is 1. The first-order chi connectivity index (χ1) is 14.6. The molecule has 31 heavy (non-hydrogen) atoms. The maximum Gasteiger partial charge on any atom is 0.238 e. The first-order valence-corrected chi connectivity index (χ1v) is 13.6. The number of hydrogen-bond donors (Lipinski definition) is 2. The van der Waals surface area contributed by atoms with E-state index in [0.29, 0.717) is 10.7 Å². The minimum absolute atomic E-state index is 0.0329. The number of carbonyl (C=O) groups is 1. The monoisotopic (exact) mass is 462 g/mol. The second kappa shape index (κ2) is 7.49. The van der Waals surface area contributed by atoms with Crippen LogP contribution in [0.4, 0.5) is 0 Å². The van der Waals surface area contributed by atoms with E-state index in [1.165, 1.54) is 62.4 Å². The molecule has 4 aliphatic carbocycles. The van der Waals surface area contributed by atoms with Crippen LogP contribution in [0, 0.1) is 23.2 Å². The van der Waals surface area contributed by atoms with Gasteiger partial charge in [-0.3, -0.25) is 4.79 Å². The highest BCUT2D eigenvalue weighted by Gasteiger charge is 2.53. The molecule has 1 amide bonds. The van der Waals surface area contributed by atoms with Crippen LogP contribution in [0.5, 0.6) is 0 Å². The Morgan fingerprint density at radius 3 is 2.45 bits per heavy atom. The lowest BCUT2D eigenvalue weighted by atomic mass is 9.48. The predicted octanol–water partition coefficient (Wildman–Crippen LogP) is 3.03. The van der Waals surface area contributed by atoms with Gasteiger partial charge >= 0.3 is 0 Å². The number of aromatic nitrogens is 2. The molecule has 7 nitrogen and oxygen atoms in total. The van der Waals surface area contributed by atoms with Crippen LogP contribution in [-0.2, 0) is 21.9 Å². The van der Waals surface area contributed by atoms with Gasteiger partial charge in [0, 0.05) is 13.1 Å². The van der Waals surface area contributed by atoms with Gasteiger partial charge in [0.15, 0.2) is 5.16 Å². The average Bonchev–Trinajstić information content (AvgIpc) is 3.00. The molecule has 1 aromatic heterocycles. The molecule has 1 atom stereocenters. The van der Waals surface area contributed by atoms with Crippen LogP contribution < -0.4 is 10.5 Å². The zero-order valence-electron chi connectivity index (χ0n) is 18.0. The Hall–Kier alpha value is -1.58. The second-order valence-electron chi connectivity index (χ2n) is 10.0. The van der Waals surface area contributed by atoms with E-state index < -0.39 is 10.0 Å². The fraction of sp³-hybridized carbons (Fsp3) is 0.636. The van der Waals surface area contributed by atoms with Gasteiger partial charge < -0.3 is 9.88 Å². The average molecular weight is 463 g/mol. The minimum atomic E-state index is -3.78. The molecule has 3 N–H and O–H groups in total. The van der Waals surface area contributed by atoms with E-state index in [2.05, 4.69) is 17.2 Å². The predicted molar refractivity (Wildman–Crippen MR) is 121 cm³/mol. The molecule has 1 aromatic carbocycles. The molecule has 4 aliphatic rings. The third kappa shape index (κ3) is 3.89. The van der Waals surface area contributed by atoms with Crippen LogP contribution >= 0.6 is 11.8 Å². The van der Waals surface area contributed by atoms with Gasteiger partial charge in [-0.05, 0) is 86.8 Å². The van der Waals surface area contributed by atoms with Crippen molar-refractivity contribution in [2.24, 2.45) is 35.4 Å². The molecule has 0 saturated heterocycles. The molecule has 4 bridgehead atoms. The smallest absolute Gasteiger partial charge is 0.238 e. The summed E-state index contributed by atoms with van der Waals surface area (Å²) in [6, 6.07) is 4.85. The number of nitrogens with one attached hydrogen (secondary N) is 1. The lowest BCUT2D eigenvalue weighted by molar-refractivity contribution is -0.123. The summed E-state index contributed by atoms with van der Waals surface area (Å²) >= 11 is 1.37. The highest BCUT2D eigenvalue weighted by molar-refractivity contribution is 7.99. The Balaban J connectivity index is 1.24. The van der Waals surface area contributed by atoms with Crippen molar-refractivity contribution in [2.45, 2.75) is 61.5 Å². The first kappa shape index (κ1) is 21.3. The normalized spacial score (nSPS) is 30.6. The summed E-state index contributed by atoms with van der Waals surface area (Å²) in [5.74, 6) is 2.91. The van der Waals surface area contributed by atoms with E-state index in [1.807, 2.05) is 11.6 Å². The van der Waals surface area contributed by atoms with E-state index >= 15 is 0 Å². The Morgan fingerprint density at radius 2 is 1.87 bits per heavy atom. The highest BCUT2D eigenvalue weighted by Crippen LogP contribution is 2.61. The number of nitrogens with zero attached hydrogens (tertiary/aromatic N) is 2. The number of primary sulfonamides is 1. The Kier molecular flexibility index (Phi) is 5.14. The zero-order valence-corrected chi connectivity index (χ0v) is 19.6. The van der Waals surface area contributed by atoms with Crippen LogP contribution in [0.25, 0.3) is 11.0 Å². The summed E-state index contributed by atoms with van der Waals surface area (Å²) < 4.78 is 25.1. The molecule has 4 saturated carbocycles. The third-order valence-electron chi connectivity index (χ3n) is 7.85. The van der Waals surface area contributed by atoms with E-state index in [9.17, 15) is 13.2 Å². The van der Waals surface area contributed by atoms with Gasteiger partial charge in [-0.2, -0.15) is 0 Å². The number of carbonyl (C=O) groups excluding carboxylic acids is 1. The van der Waals surface area contributed by atoms with E-state index in [-0.39, 0.29) is 28.0 Å². The Morgan fingerprint density at radius 1 is 1.26 bits per heavy atom. The molecule has 0 radical (unpaired) electrons. The minimum Gasteiger partial charge on any atom is -0.352 e. The van der Waals surface area contributed by atoms with E-state index in [4.69, 9.17) is 5.14 Å². The van der Waals surface area contributed by atoms with Crippen LogP contribution in [-0.4, -0.2) is 35.7 Å². The lowest BCUT2D eigenvalue weighted by Gasteiger charge is -2.59. The number of imidazole rings is 1. The van der Waals surface area contributed by atoms with Crippen LogP contribution in [0.1, 0.15) is 45.4 Å². The van der Waals surface area contributed by atoms with Crippen molar-refractivity contribution in [1.29, 1.82) is 0 Å². The van der Waals surface area contributed by atoms with Crippen molar-refractivity contribution in [3.63, 3.8) is 0 Å². The number of rotatable bonds is 6. The Bertz CT molecular complexity index is 1110. The van der Waals surface area contributed by atoms with Crippen molar-refractivity contribution in [3.8, 4) is 0 Å². The summed E-state index contributed by atoms with van der Waals surface area (Å²) in [6.07, 6.45) is 8.00. The molecule has 2 aromatic rings. The van der Waals surface area contributed by atoms with E-state index in [0.717, 1.165) is 23.3 Å². The highest BCUT2D eigenvalue weighted by atomic mass is 32.2. The fourth-order valence-electron chi connectivity index (χ4n) is 6.74. The fourth-order valence-corrected chi connectivity index (χ4v) is 8.07. The quantitative estimate of drug-likeness (QED) is 0.642.